The fourth-order valence-corrected chi connectivity index (χ4v) is 2.04. The SMILES string of the molecule is CC(C)C(NC(=O)c1ccc(Oc2ccccc2)cc1)C(=O)O. The molecule has 0 saturated heterocycles. The number of benzene rings is 2. The van der Waals surface area contributed by atoms with E-state index in [0.717, 1.165) is 0 Å². The van der Waals surface area contributed by atoms with Crippen molar-refractivity contribution in [1.29, 1.82) is 0 Å². The van der Waals surface area contributed by atoms with Crippen LogP contribution in [-0.4, -0.2) is 23.0 Å². The summed E-state index contributed by atoms with van der Waals surface area (Å²) in [4.78, 5) is 23.2. The van der Waals surface area contributed by atoms with E-state index in [0.29, 0.717) is 17.1 Å². The molecule has 5 heteroatoms. The molecule has 0 aromatic heterocycles. The van der Waals surface area contributed by atoms with Gasteiger partial charge in [0.15, 0.2) is 0 Å². The van der Waals surface area contributed by atoms with E-state index in [4.69, 9.17) is 9.84 Å². The molecule has 0 aliphatic rings. The number of carbonyl (C=O) groups is 2. The zero-order valence-electron chi connectivity index (χ0n) is 13.0. The van der Waals surface area contributed by atoms with E-state index in [2.05, 4.69) is 5.32 Å². The molecule has 23 heavy (non-hydrogen) atoms. The Kier molecular flexibility index (Phi) is 5.36. The third kappa shape index (κ3) is 4.57. The molecular weight excluding hydrogens is 294 g/mol. The number of rotatable bonds is 6. The first kappa shape index (κ1) is 16.5. The first-order valence-corrected chi connectivity index (χ1v) is 7.34. The van der Waals surface area contributed by atoms with Crippen molar-refractivity contribution in [3.05, 3.63) is 60.2 Å². The maximum atomic E-state index is 12.1. The zero-order valence-corrected chi connectivity index (χ0v) is 13.0. The summed E-state index contributed by atoms with van der Waals surface area (Å²) < 4.78 is 5.64. The minimum atomic E-state index is -1.04. The van der Waals surface area contributed by atoms with Crippen molar-refractivity contribution in [2.75, 3.05) is 0 Å². The first-order chi connectivity index (χ1) is 11.0. The van der Waals surface area contributed by atoms with Gasteiger partial charge in [0.2, 0.25) is 0 Å². The maximum Gasteiger partial charge on any atom is 0.326 e. The molecule has 0 bridgehead atoms. The van der Waals surface area contributed by atoms with E-state index < -0.39 is 17.9 Å². The van der Waals surface area contributed by atoms with E-state index in [-0.39, 0.29) is 5.92 Å². The van der Waals surface area contributed by atoms with E-state index >= 15 is 0 Å². The fourth-order valence-electron chi connectivity index (χ4n) is 2.04. The van der Waals surface area contributed by atoms with Crippen LogP contribution in [0.4, 0.5) is 0 Å². The highest BCUT2D eigenvalue weighted by molar-refractivity contribution is 5.96. The van der Waals surface area contributed by atoms with Crippen molar-refractivity contribution >= 4 is 11.9 Å². The summed E-state index contributed by atoms with van der Waals surface area (Å²) in [5.74, 6) is -0.353. The van der Waals surface area contributed by atoms with Gasteiger partial charge in [0, 0.05) is 5.56 Å². The van der Waals surface area contributed by atoms with Gasteiger partial charge in [-0.1, -0.05) is 32.0 Å². The molecule has 2 aromatic carbocycles. The van der Waals surface area contributed by atoms with Crippen LogP contribution in [0.15, 0.2) is 54.6 Å². The number of para-hydroxylation sites is 1. The van der Waals surface area contributed by atoms with E-state index in [9.17, 15) is 9.59 Å². The number of ether oxygens (including phenoxy) is 1. The Labute approximate surface area is 134 Å². The first-order valence-electron chi connectivity index (χ1n) is 7.34. The number of hydrogen-bond acceptors (Lipinski definition) is 3. The summed E-state index contributed by atoms with van der Waals surface area (Å²) in [6.45, 7) is 3.49. The van der Waals surface area contributed by atoms with Crippen molar-refractivity contribution in [1.82, 2.24) is 5.32 Å². The molecule has 2 aromatic rings. The van der Waals surface area contributed by atoms with Crippen LogP contribution in [0.3, 0.4) is 0 Å². The largest absolute Gasteiger partial charge is 0.480 e. The van der Waals surface area contributed by atoms with Crippen LogP contribution in [0.5, 0.6) is 11.5 Å². The van der Waals surface area contributed by atoms with Crippen molar-refractivity contribution in [2.24, 2.45) is 5.92 Å². The maximum absolute atomic E-state index is 12.1. The lowest BCUT2D eigenvalue weighted by Gasteiger charge is -2.17. The molecule has 2 rings (SSSR count). The van der Waals surface area contributed by atoms with Gasteiger partial charge in [-0.05, 0) is 42.3 Å². The number of amides is 1. The van der Waals surface area contributed by atoms with Gasteiger partial charge in [-0.2, -0.15) is 0 Å². The van der Waals surface area contributed by atoms with Gasteiger partial charge >= 0.3 is 5.97 Å². The molecule has 5 nitrogen and oxygen atoms in total. The van der Waals surface area contributed by atoms with Gasteiger partial charge < -0.3 is 15.2 Å². The van der Waals surface area contributed by atoms with Gasteiger partial charge in [-0.15, -0.1) is 0 Å². The molecule has 1 unspecified atom stereocenters. The summed E-state index contributed by atoms with van der Waals surface area (Å²) in [7, 11) is 0. The molecule has 0 aliphatic carbocycles. The second-order valence-corrected chi connectivity index (χ2v) is 5.47. The molecule has 1 atom stereocenters. The second-order valence-electron chi connectivity index (χ2n) is 5.47. The molecule has 0 saturated carbocycles. The van der Waals surface area contributed by atoms with Crippen LogP contribution in [0, 0.1) is 5.92 Å². The average Bonchev–Trinajstić information content (AvgIpc) is 2.53. The predicted octanol–water partition coefficient (Wildman–Crippen LogP) is 3.32. The highest BCUT2D eigenvalue weighted by Crippen LogP contribution is 2.21. The molecule has 1 amide bonds. The molecule has 0 radical (unpaired) electrons. The summed E-state index contributed by atoms with van der Waals surface area (Å²) in [6.07, 6.45) is 0. The number of carbonyl (C=O) groups excluding carboxylic acids is 1. The van der Waals surface area contributed by atoms with Crippen molar-refractivity contribution in [3.63, 3.8) is 0 Å². The molecule has 0 spiro atoms. The third-order valence-electron chi connectivity index (χ3n) is 3.31. The molecular formula is C18H19NO4. The van der Waals surface area contributed by atoms with Gasteiger partial charge in [-0.3, -0.25) is 4.79 Å². The second kappa shape index (κ2) is 7.45. The highest BCUT2D eigenvalue weighted by Gasteiger charge is 2.23. The van der Waals surface area contributed by atoms with Crippen LogP contribution in [0.2, 0.25) is 0 Å². The lowest BCUT2D eigenvalue weighted by molar-refractivity contribution is -0.140. The molecule has 0 heterocycles. The predicted molar refractivity (Wildman–Crippen MR) is 86.7 cm³/mol. The Hall–Kier alpha value is -2.82. The molecule has 0 fully saturated rings. The summed E-state index contributed by atoms with van der Waals surface area (Å²) in [5.41, 5.74) is 0.386. The Bertz CT molecular complexity index is 665. The number of nitrogens with one attached hydrogen (secondary N) is 1. The fraction of sp³-hybridized carbons (Fsp3) is 0.222. The monoisotopic (exact) mass is 313 g/mol. The summed E-state index contributed by atoms with van der Waals surface area (Å²) in [6, 6.07) is 14.9. The summed E-state index contributed by atoms with van der Waals surface area (Å²) >= 11 is 0. The quantitative estimate of drug-likeness (QED) is 0.858. The van der Waals surface area contributed by atoms with Gasteiger partial charge in [0.05, 0.1) is 0 Å². The van der Waals surface area contributed by atoms with E-state index in [1.165, 1.54) is 0 Å². The van der Waals surface area contributed by atoms with Crippen LogP contribution in [-0.2, 0) is 4.79 Å². The third-order valence-corrected chi connectivity index (χ3v) is 3.31. The number of aliphatic carboxylic acids is 1. The lowest BCUT2D eigenvalue weighted by atomic mass is 10.0. The molecule has 2 N–H and O–H groups in total. The topological polar surface area (TPSA) is 75.6 Å². The van der Waals surface area contributed by atoms with Gasteiger partial charge in [0.1, 0.15) is 17.5 Å². The summed E-state index contributed by atoms with van der Waals surface area (Å²) in [5, 5.41) is 11.6. The average molecular weight is 313 g/mol. The van der Waals surface area contributed by atoms with Crippen LogP contribution in [0.25, 0.3) is 0 Å². The van der Waals surface area contributed by atoms with Crippen molar-refractivity contribution < 1.29 is 19.4 Å². The molecule has 0 aliphatic heterocycles. The Morgan fingerprint density at radius 1 is 0.957 bits per heavy atom. The van der Waals surface area contributed by atoms with Gasteiger partial charge in [-0.25, -0.2) is 4.79 Å². The van der Waals surface area contributed by atoms with Crippen molar-refractivity contribution in [3.8, 4) is 11.5 Å². The van der Waals surface area contributed by atoms with E-state index in [1.807, 2.05) is 30.3 Å². The zero-order chi connectivity index (χ0) is 16.8. The minimum absolute atomic E-state index is 0.197. The van der Waals surface area contributed by atoms with Crippen molar-refractivity contribution in [2.45, 2.75) is 19.9 Å². The standard InChI is InChI=1S/C18H19NO4/c1-12(2)16(18(21)22)19-17(20)13-8-10-15(11-9-13)23-14-6-4-3-5-7-14/h3-12,16H,1-2H3,(H,19,20)(H,21,22). The van der Waals surface area contributed by atoms with Crippen LogP contribution < -0.4 is 10.1 Å². The molecule has 120 valence electrons. The lowest BCUT2D eigenvalue weighted by Crippen LogP contribution is -2.44. The smallest absolute Gasteiger partial charge is 0.326 e. The van der Waals surface area contributed by atoms with Crippen LogP contribution >= 0.6 is 0 Å². The minimum Gasteiger partial charge on any atom is -0.480 e. The number of carboxylic acid groups (broad SMARTS) is 1. The number of carboxylic acids is 1. The number of hydrogen-bond donors (Lipinski definition) is 2. The van der Waals surface area contributed by atoms with Crippen LogP contribution in [0.1, 0.15) is 24.2 Å². The van der Waals surface area contributed by atoms with E-state index in [1.54, 1.807) is 38.1 Å². The van der Waals surface area contributed by atoms with Gasteiger partial charge in [0.25, 0.3) is 5.91 Å². The normalized spacial score (nSPS) is 11.8. The highest BCUT2D eigenvalue weighted by atomic mass is 16.5. The Morgan fingerprint density at radius 3 is 2.04 bits per heavy atom. The Morgan fingerprint density at radius 2 is 1.52 bits per heavy atom. The Balaban J connectivity index is 2.04.